The molecule has 328 valence electrons. The van der Waals surface area contributed by atoms with E-state index in [-0.39, 0.29) is 45.4 Å². The number of amides is 1. The van der Waals surface area contributed by atoms with Gasteiger partial charge >= 0.3 is 24.1 Å². The van der Waals surface area contributed by atoms with Gasteiger partial charge < -0.3 is 47.9 Å². The molecule has 15 nitrogen and oxygen atoms in total. The Morgan fingerprint density at radius 2 is 0.781 bits per heavy atom. The maximum absolute atomic E-state index is 12.9. The van der Waals surface area contributed by atoms with Crippen molar-refractivity contribution >= 4 is 35.7 Å². The molecule has 0 aliphatic heterocycles. The average molecular weight is 870 g/mol. The lowest BCUT2D eigenvalue weighted by atomic mass is 10.1. The van der Waals surface area contributed by atoms with Gasteiger partial charge in [0.05, 0.1) is 44.1 Å². The third kappa shape index (κ3) is 12.4. The van der Waals surface area contributed by atoms with Crippen molar-refractivity contribution in [2.24, 2.45) is 0 Å². The maximum Gasteiger partial charge on any atom is 0.519 e. The Labute approximate surface area is 368 Å². The molecule has 6 rings (SSSR count). The number of carbonyl (C=O) groups excluding carboxylic acids is 5. The number of rotatable bonds is 18. The van der Waals surface area contributed by atoms with Gasteiger partial charge in [0.25, 0.3) is 5.91 Å². The van der Waals surface area contributed by atoms with E-state index < -0.39 is 30.0 Å². The molecule has 1 amide bonds. The molecule has 0 bridgehead atoms. The normalized spacial score (nSPS) is 10.4. The van der Waals surface area contributed by atoms with Crippen LogP contribution < -0.4 is 47.9 Å². The van der Waals surface area contributed by atoms with Crippen LogP contribution in [0.25, 0.3) is 0 Å². The van der Waals surface area contributed by atoms with Crippen LogP contribution in [0.2, 0.25) is 0 Å². The minimum atomic E-state index is -1.05. The Kier molecular flexibility index (Phi) is 15.5. The monoisotopic (exact) mass is 869 g/mol. The summed E-state index contributed by atoms with van der Waals surface area (Å²) in [5, 5.41) is 2.78. The Hall–Kier alpha value is -8.33. The lowest BCUT2D eigenvalue weighted by Crippen LogP contribution is -2.14. The molecule has 0 saturated heterocycles. The van der Waals surface area contributed by atoms with Gasteiger partial charge in [0.1, 0.15) is 57.3 Å². The van der Waals surface area contributed by atoms with Crippen LogP contribution in [-0.2, 0) is 0 Å². The Morgan fingerprint density at radius 1 is 0.422 bits per heavy atom. The van der Waals surface area contributed by atoms with E-state index in [1.54, 1.807) is 48.5 Å². The van der Waals surface area contributed by atoms with E-state index in [1.807, 2.05) is 13.8 Å². The number of esters is 3. The number of hydrogen-bond acceptors (Lipinski definition) is 14. The van der Waals surface area contributed by atoms with Crippen molar-refractivity contribution in [2.45, 2.75) is 26.7 Å². The first kappa shape index (κ1) is 45.2. The molecule has 0 saturated carbocycles. The topological polar surface area (TPSA) is 180 Å². The number of benzene rings is 6. The van der Waals surface area contributed by atoms with E-state index in [4.69, 9.17) is 42.6 Å². The predicted molar refractivity (Wildman–Crippen MR) is 233 cm³/mol. The molecule has 0 unspecified atom stereocenters. The fourth-order valence-corrected chi connectivity index (χ4v) is 5.72. The minimum Gasteiger partial charge on any atom is -0.496 e. The van der Waals surface area contributed by atoms with Crippen LogP contribution in [0.3, 0.4) is 0 Å². The van der Waals surface area contributed by atoms with Gasteiger partial charge in [-0.1, -0.05) is 13.8 Å². The Morgan fingerprint density at radius 3 is 1.22 bits per heavy atom. The number of carbonyl (C=O) groups is 5. The van der Waals surface area contributed by atoms with Gasteiger partial charge in [-0.2, -0.15) is 0 Å². The van der Waals surface area contributed by atoms with Crippen LogP contribution in [0.15, 0.2) is 133 Å². The van der Waals surface area contributed by atoms with E-state index in [0.29, 0.717) is 47.5 Å². The molecule has 0 aromatic heterocycles. The predicted octanol–water partition coefficient (Wildman–Crippen LogP) is 9.77. The molecular formula is C49H43NO14. The minimum absolute atomic E-state index is 0.109. The third-order valence-electron chi connectivity index (χ3n) is 8.91. The highest BCUT2D eigenvalue weighted by Gasteiger charge is 2.19. The first-order chi connectivity index (χ1) is 31.0. The molecule has 0 spiro atoms. The molecule has 0 aliphatic carbocycles. The summed E-state index contributed by atoms with van der Waals surface area (Å²) >= 11 is 0. The zero-order valence-electron chi connectivity index (χ0n) is 35.2. The first-order valence-electron chi connectivity index (χ1n) is 19.9. The average Bonchev–Trinajstić information content (AvgIpc) is 3.31. The van der Waals surface area contributed by atoms with Gasteiger partial charge in [-0.05, 0) is 134 Å². The second kappa shape index (κ2) is 22.0. The third-order valence-corrected chi connectivity index (χ3v) is 8.91. The fraction of sp³-hybridized carbons (Fsp3) is 0.163. The van der Waals surface area contributed by atoms with E-state index in [2.05, 4.69) is 5.32 Å². The molecule has 1 N–H and O–H groups in total. The summed E-state index contributed by atoms with van der Waals surface area (Å²) in [5.74, 6) is 0.200. The summed E-state index contributed by atoms with van der Waals surface area (Å²) in [4.78, 5) is 63.9. The molecule has 6 aromatic carbocycles. The summed E-state index contributed by atoms with van der Waals surface area (Å²) in [6, 6.07) is 33.1. The Bertz CT molecular complexity index is 2390. The number of ether oxygens (including phenoxy) is 9. The van der Waals surface area contributed by atoms with Gasteiger partial charge in [0.2, 0.25) is 0 Å². The van der Waals surface area contributed by atoms with Gasteiger partial charge in [0.15, 0.2) is 0 Å². The molecule has 0 atom stereocenters. The van der Waals surface area contributed by atoms with E-state index in [1.165, 1.54) is 99.1 Å². The lowest BCUT2D eigenvalue weighted by Gasteiger charge is -2.12. The number of nitrogens with one attached hydrogen (secondary N) is 1. The fourth-order valence-electron chi connectivity index (χ4n) is 5.72. The lowest BCUT2D eigenvalue weighted by molar-refractivity contribution is 0.0722. The molecule has 6 aromatic rings. The van der Waals surface area contributed by atoms with Crippen molar-refractivity contribution < 1.29 is 66.6 Å². The van der Waals surface area contributed by atoms with Gasteiger partial charge in [-0.25, -0.2) is 19.2 Å². The van der Waals surface area contributed by atoms with Crippen LogP contribution in [0, 0.1) is 0 Å². The number of hydrogen-bond donors (Lipinski definition) is 1. The SMILES string of the molecule is CCCOc1ccc(C(=O)Nc2ccc(C(=O)Oc3ccc(OC(=O)Oc4ccc(OC(=O)c5ccc(OC(=O)c6ccc(OCCC)cc6OC)cc5)cc4)cc3)cc2)c(OC)c1. The molecule has 0 aliphatic rings. The quantitative estimate of drug-likeness (QED) is 0.0490. The molecule has 64 heavy (non-hydrogen) atoms. The van der Waals surface area contributed by atoms with E-state index in [9.17, 15) is 24.0 Å². The highest BCUT2D eigenvalue weighted by Crippen LogP contribution is 2.29. The highest BCUT2D eigenvalue weighted by molar-refractivity contribution is 6.06. The summed E-state index contributed by atoms with van der Waals surface area (Å²) < 4.78 is 48.7. The van der Waals surface area contributed by atoms with Gasteiger partial charge in [0, 0.05) is 17.8 Å². The second-order valence-electron chi connectivity index (χ2n) is 13.5. The van der Waals surface area contributed by atoms with Crippen molar-refractivity contribution in [2.75, 3.05) is 32.8 Å². The highest BCUT2D eigenvalue weighted by atomic mass is 16.7. The molecule has 0 radical (unpaired) electrons. The van der Waals surface area contributed by atoms with E-state index in [0.717, 1.165) is 12.8 Å². The van der Waals surface area contributed by atoms with Crippen LogP contribution in [0.4, 0.5) is 10.5 Å². The summed E-state index contributed by atoms with van der Waals surface area (Å²) in [5.41, 5.74) is 1.38. The van der Waals surface area contributed by atoms with Gasteiger partial charge in [-0.3, -0.25) is 4.79 Å². The van der Waals surface area contributed by atoms with Gasteiger partial charge in [-0.15, -0.1) is 0 Å². The summed E-state index contributed by atoms with van der Waals surface area (Å²) in [6.45, 7) is 5.04. The first-order valence-corrected chi connectivity index (χ1v) is 19.9. The van der Waals surface area contributed by atoms with Crippen molar-refractivity contribution in [1.29, 1.82) is 0 Å². The standard InChI is InChI=1S/C49H43NO14/c1-5-27-58-39-23-25-41(43(29-39)56-3)45(51)50-33-11-7-31(8-12-33)46(52)60-35-15-19-37(20-16-35)63-49(55)64-38-21-17-36(18-22-38)61-47(53)32-9-13-34(14-10-32)62-48(54)42-26-24-40(59-28-6-2)30-44(42)57-4/h7-26,29-30H,5-6,27-28H2,1-4H3,(H,50,51). The van der Waals surface area contributed by atoms with Crippen molar-refractivity contribution in [3.05, 3.63) is 156 Å². The second-order valence-corrected chi connectivity index (χ2v) is 13.5. The van der Waals surface area contributed by atoms with Crippen LogP contribution in [0.1, 0.15) is 68.1 Å². The van der Waals surface area contributed by atoms with Crippen molar-refractivity contribution in [3.8, 4) is 51.7 Å². The number of anilines is 1. The molecular weight excluding hydrogens is 827 g/mol. The summed E-state index contributed by atoms with van der Waals surface area (Å²) in [7, 11) is 2.91. The molecule has 0 heterocycles. The maximum atomic E-state index is 12.9. The van der Waals surface area contributed by atoms with Crippen LogP contribution in [-0.4, -0.2) is 57.4 Å². The zero-order valence-corrected chi connectivity index (χ0v) is 35.2. The largest absolute Gasteiger partial charge is 0.519 e. The smallest absolute Gasteiger partial charge is 0.496 e. The number of methoxy groups -OCH3 is 2. The zero-order chi connectivity index (χ0) is 45.4. The molecule has 0 fully saturated rings. The summed E-state index contributed by atoms with van der Waals surface area (Å²) in [6.07, 6.45) is 0.625. The van der Waals surface area contributed by atoms with Crippen LogP contribution >= 0.6 is 0 Å². The van der Waals surface area contributed by atoms with Crippen LogP contribution in [0.5, 0.6) is 51.7 Å². The van der Waals surface area contributed by atoms with Crippen molar-refractivity contribution in [3.63, 3.8) is 0 Å². The Balaban J connectivity index is 0.935. The van der Waals surface area contributed by atoms with E-state index >= 15 is 0 Å². The van der Waals surface area contributed by atoms with Crippen molar-refractivity contribution in [1.82, 2.24) is 0 Å². The molecule has 15 heteroatoms.